The highest BCUT2D eigenvalue weighted by Crippen LogP contribution is 2.26. The van der Waals surface area contributed by atoms with Crippen LogP contribution in [0.5, 0.6) is 0 Å². The van der Waals surface area contributed by atoms with Crippen molar-refractivity contribution >= 4 is 22.8 Å². The van der Waals surface area contributed by atoms with Crippen molar-refractivity contribution in [3.8, 4) is 0 Å². The molecule has 0 unspecified atom stereocenters. The van der Waals surface area contributed by atoms with Gasteiger partial charge < -0.3 is 10.2 Å². The highest BCUT2D eigenvalue weighted by molar-refractivity contribution is 5.80. The molecule has 1 aliphatic heterocycles. The number of benzene rings is 1. The number of nitrogens with zero attached hydrogens (tertiary/aromatic N) is 4. The van der Waals surface area contributed by atoms with Gasteiger partial charge in [0.2, 0.25) is 5.91 Å². The van der Waals surface area contributed by atoms with Crippen LogP contribution in [0.3, 0.4) is 0 Å². The van der Waals surface area contributed by atoms with E-state index in [-0.39, 0.29) is 17.9 Å². The first-order valence-corrected chi connectivity index (χ1v) is 10.2. The lowest BCUT2D eigenvalue weighted by molar-refractivity contribution is -0.125. The Morgan fingerprint density at radius 2 is 2.00 bits per heavy atom. The minimum atomic E-state index is -0.0329. The first-order chi connectivity index (χ1) is 14.0. The van der Waals surface area contributed by atoms with Crippen molar-refractivity contribution in [1.29, 1.82) is 0 Å². The van der Waals surface area contributed by atoms with Crippen LogP contribution >= 0.6 is 0 Å². The van der Waals surface area contributed by atoms with Gasteiger partial charge in [-0.2, -0.15) is 0 Å². The van der Waals surface area contributed by atoms with E-state index in [1.165, 1.54) is 16.7 Å². The van der Waals surface area contributed by atoms with Gasteiger partial charge in [-0.05, 0) is 50.8 Å². The fourth-order valence-electron chi connectivity index (χ4n) is 4.17. The molecule has 0 radical (unpaired) electrons. The van der Waals surface area contributed by atoms with E-state index < -0.39 is 0 Å². The summed E-state index contributed by atoms with van der Waals surface area (Å²) < 4.78 is 0. The van der Waals surface area contributed by atoms with E-state index in [1.807, 2.05) is 12.3 Å². The van der Waals surface area contributed by atoms with Crippen LogP contribution in [-0.2, 0) is 4.79 Å². The largest absolute Gasteiger partial charge is 0.369 e. The lowest BCUT2D eigenvalue weighted by atomic mass is 9.95. The summed E-state index contributed by atoms with van der Waals surface area (Å²) in [4.78, 5) is 28.2. The number of amides is 1. The molecule has 0 aliphatic carbocycles. The summed E-state index contributed by atoms with van der Waals surface area (Å²) >= 11 is 0. The molecule has 2 aromatic heterocycles. The Kier molecular flexibility index (Phi) is 5.43. The van der Waals surface area contributed by atoms with Crippen LogP contribution in [0.25, 0.3) is 11.2 Å². The first-order valence-electron chi connectivity index (χ1n) is 10.2. The van der Waals surface area contributed by atoms with Gasteiger partial charge in [-0.15, -0.1) is 0 Å². The number of rotatable bonds is 4. The smallest absolute Gasteiger partial charge is 0.225 e. The Balaban J connectivity index is 1.45. The molecule has 29 heavy (non-hydrogen) atoms. The number of anilines is 1. The molecule has 0 bridgehead atoms. The van der Waals surface area contributed by atoms with Gasteiger partial charge in [0, 0.05) is 25.5 Å². The minimum absolute atomic E-state index is 0.00362. The molecular weight excluding hydrogens is 362 g/mol. The van der Waals surface area contributed by atoms with Gasteiger partial charge in [-0.25, -0.2) is 9.97 Å². The number of aromatic nitrogens is 3. The molecule has 150 valence electrons. The molecule has 1 amide bonds. The summed E-state index contributed by atoms with van der Waals surface area (Å²) in [5.74, 6) is 0.0882. The Morgan fingerprint density at radius 1 is 1.17 bits per heavy atom. The molecule has 1 saturated heterocycles. The number of hydrogen-bond donors (Lipinski definition) is 1. The van der Waals surface area contributed by atoms with Gasteiger partial charge >= 0.3 is 0 Å². The number of aryl methyl sites for hydroxylation is 2. The third-order valence-electron chi connectivity index (χ3n) is 5.72. The van der Waals surface area contributed by atoms with Crippen molar-refractivity contribution in [2.24, 2.45) is 5.92 Å². The number of hydrogen-bond acceptors (Lipinski definition) is 5. The second-order valence-electron chi connectivity index (χ2n) is 7.97. The zero-order valence-corrected chi connectivity index (χ0v) is 17.2. The minimum Gasteiger partial charge on any atom is -0.369 e. The molecule has 1 N–H and O–H groups in total. The Morgan fingerprint density at radius 3 is 2.83 bits per heavy atom. The van der Waals surface area contributed by atoms with E-state index in [2.05, 4.69) is 64.1 Å². The Labute approximate surface area is 171 Å². The SMILES string of the molecule is Cc1ccc([C@H](C)NC(=O)[C@@H]2CCCN(c3cnc4nccnc4c3)C2)c(C)c1. The average molecular weight is 390 g/mol. The first kappa shape index (κ1) is 19.3. The summed E-state index contributed by atoms with van der Waals surface area (Å²) in [6.45, 7) is 7.86. The molecule has 4 rings (SSSR count). The molecule has 3 heterocycles. The third kappa shape index (κ3) is 4.21. The van der Waals surface area contributed by atoms with Gasteiger partial charge in [-0.1, -0.05) is 23.8 Å². The molecule has 6 heteroatoms. The maximum atomic E-state index is 13.0. The molecule has 1 aromatic carbocycles. The number of pyridine rings is 1. The fraction of sp³-hybridized carbons (Fsp3) is 0.391. The summed E-state index contributed by atoms with van der Waals surface area (Å²) in [5.41, 5.74) is 6.05. The Hall–Kier alpha value is -3.02. The van der Waals surface area contributed by atoms with Crippen LogP contribution in [0, 0.1) is 19.8 Å². The quantitative estimate of drug-likeness (QED) is 0.736. The second-order valence-corrected chi connectivity index (χ2v) is 7.97. The van der Waals surface area contributed by atoms with Crippen LogP contribution in [-0.4, -0.2) is 33.9 Å². The van der Waals surface area contributed by atoms with Gasteiger partial charge in [-0.3, -0.25) is 9.78 Å². The molecule has 6 nitrogen and oxygen atoms in total. The standard InChI is InChI=1S/C23H27N5O/c1-15-6-7-20(16(2)11-15)17(3)27-23(29)18-5-4-10-28(14-18)19-12-21-22(26-13-19)25-9-8-24-21/h6-9,11-13,17-18H,4-5,10,14H2,1-3H3,(H,27,29)/t17-,18+/m0/s1. The van der Waals surface area contributed by atoms with Gasteiger partial charge in [0.05, 0.1) is 23.8 Å². The van der Waals surface area contributed by atoms with E-state index in [0.29, 0.717) is 12.2 Å². The lowest BCUT2D eigenvalue weighted by Gasteiger charge is -2.34. The molecule has 2 atom stereocenters. The van der Waals surface area contributed by atoms with Crippen molar-refractivity contribution in [3.05, 3.63) is 59.5 Å². The Bertz CT molecular complexity index is 1030. The van der Waals surface area contributed by atoms with Crippen molar-refractivity contribution in [1.82, 2.24) is 20.3 Å². The molecule has 0 spiro atoms. The van der Waals surface area contributed by atoms with Crippen LogP contribution in [0.2, 0.25) is 0 Å². The van der Waals surface area contributed by atoms with Crippen LogP contribution < -0.4 is 10.2 Å². The zero-order valence-electron chi connectivity index (χ0n) is 17.2. The summed E-state index contributed by atoms with van der Waals surface area (Å²) in [6, 6.07) is 8.38. The van der Waals surface area contributed by atoms with Gasteiger partial charge in [0.25, 0.3) is 0 Å². The van der Waals surface area contributed by atoms with E-state index >= 15 is 0 Å². The molecule has 1 fully saturated rings. The number of carbonyl (C=O) groups is 1. The van der Waals surface area contributed by atoms with Crippen LogP contribution in [0.1, 0.15) is 42.5 Å². The van der Waals surface area contributed by atoms with Gasteiger partial charge in [0.15, 0.2) is 5.65 Å². The number of carbonyl (C=O) groups excluding carboxylic acids is 1. The van der Waals surface area contributed by atoms with E-state index in [0.717, 1.165) is 30.6 Å². The molecule has 1 aliphatic rings. The lowest BCUT2D eigenvalue weighted by Crippen LogP contribution is -2.43. The maximum Gasteiger partial charge on any atom is 0.225 e. The second kappa shape index (κ2) is 8.15. The predicted octanol–water partition coefficient (Wildman–Crippen LogP) is 3.74. The predicted molar refractivity (Wildman–Crippen MR) is 115 cm³/mol. The summed E-state index contributed by atoms with van der Waals surface area (Å²) in [5, 5.41) is 3.22. The summed E-state index contributed by atoms with van der Waals surface area (Å²) in [6.07, 6.45) is 7.04. The molecule has 0 saturated carbocycles. The highest BCUT2D eigenvalue weighted by Gasteiger charge is 2.27. The molecular formula is C23H27N5O. The van der Waals surface area contributed by atoms with E-state index in [9.17, 15) is 4.79 Å². The van der Waals surface area contributed by atoms with Crippen LogP contribution in [0.4, 0.5) is 5.69 Å². The van der Waals surface area contributed by atoms with Crippen molar-refractivity contribution < 1.29 is 4.79 Å². The average Bonchev–Trinajstić information content (AvgIpc) is 2.73. The van der Waals surface area contributed by atoms with Crippen molar-refractivity contribution in [3.63, 3.8) is 0 Å². The third-order valence-corrected chi connectivity index (χ3v) is 5.72. The number of piperidine rings is 1. The highest BCUT2D eigenvalue weighted by atomic mass is 16.2. The fourth-order valence-corrected chi connectivity index (χ4v) is 4.17. The zero-order chi connectivity index (χ0) is 20.4. The monoisotopic (exact) mass is 389 g/mol. The van der Waals surface area contributed by atoms with E-state index in [4.69, 9.17) is 0 Å². The van der Waals surface area contributed by atoms with Crippen molar-refractivity contribution in [2.75, 3.05) is 18.0 Å². The maximum absolute atomic E-state index is 13.0. The van der Waals surface area contributed by atoms with Gasteiger partial charge in [0.1, 0.15) is 5.52 Å². The van der Waals surface area contributed by atoms with Crippen molar-refractivity contribution in [2.45, 2.75) is 39.7 Å². The summed E-state index contributed by atoms with van der Waals surface area (Å²) in [7, 11) is 0. The van der Waals surface area contributed by atoms with Crippen LogP contribution in [0.15, 0.2) is 42.9 Å². The topological polar surface area (TPSA) is 71.0 Å². The van der Waals surface area contributed by atoms with E-state index in [1.54, 1.807) is 12.4 Å². The number of nitrogens with one attached hydrogen (secondary N) is 1. The normalized spacial score (nSPS) is 17.9. The number of fused-ring (bicyclic) bond motifs is 1. The molecule has 3 aromatic rings.